The molecule has 7 heteroatoms. The minimum atomic E-state index is -0.208. The Morgan fingerprint density at radius 1 is 1.50 bits per heavy atom. The summed E-state index contributed by atoms with van der Waals surface area (Å²) < 4.78 is 0.812. The second kappa shape index (κ2) is 5.97. The van der Waals surface area contributed by atoms with Gasteiger partial charge in [0.2, 0.25) is 0 Å². The first-order chi connectivity index (χ1) is 8.66. The van der Waals surface area contributed by atoms with Crippen LogP contribution in [-0.2, 0) is 6.42 Å². The zero-order valence-electron chi connectivity index (χ0n) is 9.28. The number of nitrogens with one attached hydrogen (secondary N) is 2. The average Bonchev–Trinajstić information content (AvgIpc) is 2.85. The fourth-order valence-electron chi connectivity index (χ4n) is 1.41. The number of hydrogen-bond acceptors (Lipinski definition) is 3. The van der Waals surface area contributed by atoms with Gasteiger partial charge in [-0.3, -0.25) is 9.89 Å². The molecule has 0 aliphatic heterocycles. The van der Waals surface area contributed by atoms with E-state index in [4.69, 9.17) is 11.6 Å². The summed E-state index contributed by atoms with van der Waals surface area (Å²) >= 11 is 9.26. The maximum Gasteiger partial charge on any atom is 0.252 e. The lowest BCUT2D eigenvalue weighted by Crippen LogP contribution is -2.26. The summed E-state index contributed by atoms with van der Waals surface area (Å²) in [6.45, 7) is 0.469. The Bertz CT molecular complexity index is 544. The highest BCUT2D eigenvalue weighted by Crippen LogP contribution is 2.20. The number of carbonyl (C=O) groups excluding carboxylic acids is 1. The Hall–Kier alpha value is -1.40. The highest BCUT2D eigenvalue weighted by atomic mass is 79.9. The van der Waals surface area contributed by atoms with E-state index in [9.17, 15) is 4.79 Å². The van der Waals surface area contributed by atoms with Crippen molar-refractivity contribution < 1.29 is 4.79 Å². The smallest absolute Gasteiger partial charge is 0.252 e. The van der Waals surface area contributed by atoms with Gasteiger partial charge < -0.3 is 5.32 Å². The number of H-pyrrole nitrogens is 1. The average molecular weight is 330 g/mol. The summed E-state index contributed by atoms with van der Waals surface area (Å²) in [4.78, 5) is 15.8. The molecular weight excluding hydrogens is 320 g/mol. The van der Waals surface area contributed by atoms with Gasteiger partial charge in [-0.2, -0.15) is 5.10 Å². The summed E-state index contributed by atoms with van der Waals surface area (Å²) in [6.07, 6.45) is 2.03. The first-order valence-electron chi connectivity index (χ1n) is 5.24. The van der Waals surface area contributed by atoms with Gasteiger partial charge in [0, 0.05) is 17.4 Å². The van der Waals surface area contributed by atoms with Crippen molar-refractivity contribution >= 4 is 33.4 Å². The van der Waals surface area contributed by atoms with Gasteiger partial charge in [-0.05, 0) is 18.2 Å². The van der Waals surface area contributed by atoms with Crippen LogP contribution >= 0.6 is 27.5 Å². The topological polar surface area (TPSA) is 70.7 Å². The second-order valence-electron chi connectivity index (χ2n) is 3.56. The zero-order chi connectivity index (χ0) is 13.0. The van der Waals surface area contributed by atoms with Gasteiger partial charge in [-0.1, -0.05) is 27.5 Å². The maximum atomic E-state index is 11.9. The van der Waals surface area contributed by atoms with Crippen LogP contribution in [0.2, 0.25) is 5.02 Å². The molecule has 5 nitrogen and oxygen atoms in total. The van der Waals surface area contributed by atoms with Crippen molar-refractivity contribution in [1.82, 2.24) is 20.5 Å². The lowest BCUT2D eigenvalue weighted by Gasteiger charge is -2.06. The fraction of sp³-hybridized carbons (Fsp3) is 0.182. The minimum absolute atomic E-state index is 0.208. The molecule has 1 aromatic heterocycles. The Morgan fingerprint density at radius 2 is 2.33 bits per heavy atom. The van der Waals surface area contributed by atoms with E-state index < -0.39 is 0 Å². The van der Waals surface area contributed by atoms with Crippen LogP contribution in [0.15, 0.2) is 29.0 Å². The van der Waals surface area contributed by atoms with Crippen LogP contribution < -0.4 is 5.32 Å². The summed E-state index contributed by atoms with van der Waals surface area (Å²) in [6, 6.07) is 5.15. The van der Waals surface area contributed by atoms with Crippen molar-refractivity contribution in [2.24, 2.45) is 0 Å². The molecule has 0 bridgehead atoms. The predicted octanol–water partition coefficient (Wildman–Crippen LogP) is 2.19. The third-order valence-electron chi connectivity index (χ3n) is 2.29. The van der Waals surface area contributed by atoms with Crippen LogP contribution in [0.1, 0.15) is 16.2 Å². The molecule has 0 saturated heterocycles. The number of nitrogens with zero attached hydrogens (tertiary/aromatic N) is 2. The van der Waals surface area contributed by atoms with E-state index in [1.807, 2.05) is 0 Å². The third-order valence-corrected chi connectivity index (χ3v) is 3.11. The fourth-order valence-corrected chi connectivity index (χ4v) is 1.98. The Labute approximate surface area is 117 Å². The number of hydrogen-bond donors (Lipinski definition) is 2. The van der Waals surface area contributed by atoms with Gasteiger partial charge in [-0.25, -0.2) is 4.98 Å². The molecule has 1 amide bonds. The standard InChI is InChI=1S/C11H10BrClN4O/c12-7-1-2-9(13)8(5-7)11(18)14-4-3-10-15-6-16-17-10/h1-2,5-6H,3-4H2,(H,14,18)(H,15,16,17). The largest absolute Gasteiger partial charge is 0.352 e. The summed E-state index contributed by atoms with van der Waals surface area (Å²) in [5, 5.41) is 9.65. The molecule has 0 fully saturated rings. The van der Waals surface area contributed by atoms with E-state index >= 15 is 0 Å². The molecule has 2 aromatic rings. The predicted molar refractivity (Wildman–Crippen MR) is 71.6 cm³/mol. The molecule has 1 heterocycles. The van der Waals surface area contributed by atoms with Gasteiger partial charge in [0.25, 0.3) is 5.91 Å². The van der Waals surface area contributed by atoms with E-state index in [-0.39, 0.29) is 5.91 Å². The van der Waals surface area contributed by atoms with E-state index in [0.29, 0.717) is 23.6 Å². The van der Waals surface area contributed by atoms with E-state index in [1.54, 1.807) is 18.2 Å². The minimum Gasteiger partial charge on any atom is -0.352 e. The maximum absolute atomic E-state index is 11.9. The molecule has 0 aliphatic carbocycles. The van der Waals surface area contributed by atoms with Crippen LogP contribution in [0, 0.1) is 0 Å². The number of amides is 1. The number of aromatic nitrogens is 3. The van der Waals surface area contributed by atoms with Crippen molar-refractivity contribution in [2.45, 2.75) is 6.42 Å². The molecule has 0 radical (unpaired) electrons. The van der Waals surface area contributed by atoms with Crippen molar-refractivity contribution in [3.8, 4) is 0 Å². The molecule has 2 N–H and O–H groups in total. The molecule has 0 atom stereocenters. The number of halogens is 2. The van der Waals surface area contributed by atoms with Gasteiger partial charge in [0.15, 0.2) is 0 Å². The molecular formula is C11H10BrClN4O. The lowest BCUT2D eigenvalue weighted by molar-refractivity contribution is 0.0954. The Morgan fingerprint density at radius 3 is 3.06 bits per heavy atom. The summed E-state index contributed by atoms with van der Waals surface area (Å²) in [7, 11) is 0. The van der Waals surface area contributed by atoms with Gasteiger partial charge in [0.05, 0.1) is 10.6 Å². The third kappa shape index (κ3) is 3.30. The number of carbonyl (C=O) groups is 1. The number of aromatic amines is 1. The van der Waals surface area contributed by atoms with Crippen molar-refractivity contribution in [2.75, 3.05) is 6.54 Å². The SMILES string of the molecule is O=C(NCCc1ncn[nH]1)c1cc(Br)ccc1Cl. The quantitative estimate of drug-likeness (QED) is 0.903. The van der Waals surface area contributed by atoms with Gasteiger partial charge in [-0.15, -0.1) is 0 Å². The molecule has 0 unspecified atom stereocenters. The van der Waals surface area contributed by atoms with Crippen molar-refractivity contribution in [3.05, 3.63) is 45.4 Å². The molecule has 0 spiro atoms. The molecule has 18 heavy (non-hydrogen) atoms. The van der Waals surface area contributed by atoms with E-state index in [2.05, 4.69) is 36.4 Å². The van der Waals surface area contributed by atoms with Gasteiger partial charge >= 0.3 is 0 Å². The Balaban J connectivity index is 1.93. The monoisotopic (exact) mass is 328 g/mol. The zero-order valence-corrected chi connectivity index (χ0v) is 11.6. The van der Waals surface area contributed by atoms with E-state index in [0.717, 1.165) is 10.3 Å². The lowest BCUT2D eigenvalue weighted by atomic mass is 10.2. The first kappa shape index (κ1) is 13.0. The van der Waals surface area contributed by atoms with Crippen molar-refractivity contribution in [3.63, 3.8) is 0 Å². The normalized spacial score (nSPS) is 10.3. The molecule has 0 aliphatic rings. The summed E-state index contributed by atoms with van der Waals surface area (Å²) in [5.74, 6) is 0.524. The highest BCUT2D eigenvalue weighted by Gasteiger charge is 2.10. The number of benzene rings is 1. The Kier molecular flexibility index (Phi) is 4.33. The highest BCUT2D eigenvalue weighted by molar-refractivity contribution is 9.10. The second-order valence-corrected chi connectivity index (χ2v) is 4.89. The molecule has 94 valence electrons. The van der Waals surface area contributed by atoms with Crippen LogP contribution in [-0.4, -0.2) is 27.6 Å². The summed E-state index contributed by atoms with van der Waals surface area (Å²) in [5.41, 5.74) is 0.448. The molecule has 0 saturated carbocycles. The number of rotatable bonds is 4. The molecule has 1 aromatic carbocycles. The molecule has 2 rings (SSSR count). The van der Waals surface area contributed by atoms with Crippen molar-refractivity contribution in [1.29, 1.82) is 0 Å². The first-order valence-corrected chi connectivity index (χ1v) is 6.41. The van der Waals surface area contributed by atoms with Gasteiger partial charge in [0.1, 0.15) is 12.2 Å². The van der Waals surface area contributed by atoms with Crippen LogP contribution in [0.4, 0.5) is 0 Å². The van der Waals surface area contributed by atoms with Crippen LogP contribution in [0.5, 0.6) is 0 Å². The van der Waals surface area contributed by atoms with E-state index in [1.165, 1.54) is 6.33 Å². The van der Waals surface area contributed by atoms with Crippen LogP contribution in [0.25, 0.3) is 0 Å². The van der Waals surface area contributed by atoms with Crippen LogP contribution in [0.3, 0.4) is 0 Å².